The van der Waals surface area contributed by atoms with Gasteiger partial charge in [0, 0.05) is 24.4 Å². The normalized spacial score (nSPS) is 11.4. The number of halogens is 4. The Bertz CT molecular complexity index is 420. The molecule has 1 rings (SSSR count). The topological polar surface area (TPSA) is 33.2 Å². The smallest absolute Gasteiger partial charge is 0.330 e. The first-order valence-corrected chi connectivity index (χ1v) is 5.31. The molecule has 1 heterocycles. The number of rotatable bonds is 4. The van der Waals surface area contributed by atoms with Gasteiger partial charge in [0.05, 0.1) is 0 Å². The van der Waals surface area contributed by atoms with Gasteiger partial charge in [-0.25, -0.2) is 4.98 Å². The Morgan fingerprint density at radius 1 is 1.44 bits per heavy atom. The molecule has 0 unspecified atom stereocenters. The van der Waals surface area contributed by atoms with Gasteiger partial charge in [-0.05, 0) is 12.5 Å². The molecule has 3 nitrogen and oxygen atoms in total. The van der Waals surface area contributed by atoms with Crippen molar-refractivity contribution in [3.8, 4) is 0 Å². The SMILES string of the molecule is CCCN(CC(F)(F)F)C(=O)c1ccnc(F)c1. The van der Waals surface area contributed by atoms with E-state index in [-0.39, 0.29) is 12.1 Å². The van der Waals surface area contributed by atoms with E-state index >= 15 is 0 Å². The third-order valence-corrected chi connectivity index (χ3v) is 2.12. The standard InChI is InChI=1S/C11H12F4N2O/c1-2-5-17(7-11(13,14)15)10(18)8-3-4-16-9(12)6-8/h3-4,6H,2,5,7H2,1H3. The molecule has 0 atom stereocenters. The largest absolute Gasteiger partial charge is 0.406 e. The van der Waals surface area contributed by atoms with E-state index in [1.54, 1.807) is 6.92 Å². The van der Waals surface area contributed by atoms with Crippen LogP contribution < -0.4 is 0 Å². The molecule has 7 heteroatoms. The van der Waals surface area contributed by atoms with Gasteiger partial charge in [0.1, 0.15) is 6.54 Å². The van der Waals surface area contributed by atoms with Crippen molar-refractivity contribution in [1.82, 2.24) is 9.88 Å². The highest BCUT2D eigenvalue weighted by Crippen LogP contribution is 2.18. The van der Waals surface area contributed by atoms with E-state index in [4.69, 9.17) is 0 Å². The summed E-state index contributed by atoms with van der Waals surface area (Å²) in [4.78, 5) is 15.7. The molecule has 0 aliphatic heterocycles. The number of carbonyl (C=O) groups is 1. The van der Waals surface area contributed by atoms with Crippen LogP contribution >= 0.6 is 0 Å². The van der Waals surface area contributed by atoms with Crippen molar-refractivity contribution in [3.05, 3.63) is 29.8 Å². The summed E-state index contributed by atoms with van der Waals surface area (Å²) < 4.78 is 49.7. The number of carbonyl (C=O) groups excluding carboxylic acids is 1. The second kappa shape index (κ2) is 5.79. The van der Waals surface area contributed by atoms with E-state index in [2.05, 4.69) is 4.98 Å². The number of pyridine rings is 1. The maximum Gasteiger partial charge on any atom is 0.406 e. The molecule has 0 spiro atoms. The van der Waals surface area contributed by atoms with E-state index in [1.807, 2.05) is 0 Å². The highest BCUT2D eigenvalue weighted by Gasteiger charge is 2.33. The predicted octanol–water partition coefficient (Wildman–Crippen LogP) is 2.64. The Labute approximate surface area is 101 Å². The summed E-state index contributed by atoms with van der Waals surface area (Å²) >= 11 is 0. The number of nitrogens with zero attached hydrogens (tertiary/aromatic N) is 2. The third-order valence-electron chi connectivity index (χ3n) is 2.12. The molecule has 0 N–H and O–H groups in total. The zero-order valence-electron chi connectivity index (χ0n) is 9.67. The van der Waals surface area contributed by atoms with Gasteiger partial charge < -0.3 is 4.90 Å². The van der Waals surface area contributed by atoms with E-state index in [0.717, 1.165) is 12.3 Å². The summed E-state index contributed by atoms with van der Waals surface area (Å²) in [6.07, 6.45) is -3.05. The van der Waals surface area contributed by atoms with Crippen molar-refractivity contribution in [3.63, 3.8) is 0 Å². The van der Waals surface area contributed by atoms with Gasteiger partial charge in [0.15, 0.2) is 0 Å². The molecule has 0 aliphatic carbocycles. The summed E-state index contributed by atoms with van der Waals surface area (Å²) in [5.74, 6) is -1.75. The molecular weight excluding hydrogens is 252 g/mol. The lowest BCUT2D eigenvalue weighted by Gasteiger charge is -2.23. The lowest BCUT2D eigenvalue weighted by molar-refractivity contribution is -0.140. The number of hydrogen-bond acceptors (Lipinski definition) is 2. The summed E-state index contributed by atoms with van der Waals surface area (Å²) in [6, 6.07) is 2.01. The first-order valence-electron chi connectivity index (χ1n) is 5.31. The summed E-state index contributed by atoms with van der Waals surface area (Å²) in [5.41, 5.74) is -0.139. The molecule has 18 heavy (non-hydrogen) atoms. The van der Waals surface area contributed by atoms with Crippen LogP contribution in [0.2, 0.25) is 0 Å². The number of hydrogen-bond donors (Lipinski definition) is 0. The monoisotopic (exact) mass is 264 g/mol. The van der Waals surface area contributed by atoms with Gasteiger partial charge in [-0.2, -0.15) is 17.6 Å². The molecule has 1 amide bonds. The van der Waals surface area contributed by atoms with Crippen molar-refractivity contribution in [2.75, 3.05) is 13.1 Å². The maximum absolute atomic E-state index is 12.8. The molecule has 0 saturated carbocycles. The highest BCUT2D eigenvalue weighted by atomic mass is 19.4. The van der Waals surface area contributed by atoms with Crippen LogP contribution in [0.5, 0.6) is 0 Å². The molecule has 1 aromatic rings. The van der Waals surface area contributed by atoms with Gasteiger partial charge in [-0.3, -0.25) is 4.79 Å². The Morgan fingerprint density at radius 3 is 2.61 bits per heavy atom. The van der Waals surface area contributed by atoms with Gasteiger partial charge in [-0.15, -0.1) is 0 Å². The van der Waals surface area contributed by atoms with Gasteiger partial charge in [0.2, 0.25) is 5.95 Å². The Balaban J connectivity index is 2.89. The summed E-state index contributed by atoms with van der Waals surface area (Å²) in [6.45, 7) is 0.273. The third kappa shape index (κ3) is 4.31. The van der Waals surface area contributed by atoms with Crippen LogP contribution in [-0.2, 0) is 0 Å². The Hall–Kier alpha value is -1.66. The quantitative estimate of drug-likeness (QED) is 0.618. The average Bonchev–Trinajstić information content (AvgIpc) is 2.26. The molecule has 0 aliphatic rings. The predicted molar refractivity (Wildman–Crippen MR) is 56.4 cm³/mol. The van der Waals surface area contributed by atoms with Crippen LogP contribution in [0.25, 0.3) is 0 Å². The molecule has 0 bridgehead atoms. The summed E-state index contributed by atoms with van der Waals surface area (Å²) in [5, 5.41) is 0. The van der Waals surface area contributed by atoms with Gasteiger partial charge >= 0.3 is 6.18 Å². The fraction of sp³-hybridized carbons (Fsp3) is 0.455. The molecule has 0 radical (unpaired) electrons. The van der Waals surface area contributed by atoms with Gasteiger partial charge in [-0.1, -0.05) is 6.92 Å². The first-order chi connectivity index (χ1) is 8.33. The minimum atomic E-state index is -4.48. The van der Waals surface area contributed by atoms with Gasteiger partial charge in [0.25, 0.3) is 5.91 Å². The van der Waals surface area contributed by atoms with Crippen molar-refractivity contribution >= 4 is 5.91 Å². The second-order valence-electron chi connectivity index (χ2n) is 3.71. The van der Waals surface area contributed by atoms with E-state index in [9.17, 15) is 22.4 Å². The minimum absolute atomic E-state index is 0.0394. The summed E-state index contributed by atoms with van der Waals surface area (Å²) in [7, 11) is 0. The minimum Gasteiger partial charge on any atom is -0.330 e. The fourth-order valence-electron chi connectivity index (χ4n) is 1.46. The van der Waals surface area contributed by atoms with E-state index in [1.165, 1.54) is 6.07 Å². The second-order valence-corrected chi connectivity index (χ2v) is 3.71. The number of aromatic nitrogens is 1. The maximum atomic E-state index is 12.8. The van der Waals surface area contributed by atoms with Crippen molar-refractivity contribution in [2.24, 2.45) is 0 Å². The zero-order valence-corrected chi connectivity index (χ0v) is 9.67. The van der Waals surface area contributed by atoms with Crippen LogP contribution in [0.3, 0.4) is 0 Å². The lowest BCUT2D eigenvalue weighted by Crippen LogP contribution is -2.39. The molecule has 0 aromatic carbocycles. The Morgan fingerprint density at radius 2 is 2.11 bits per heavy atom. The number of amides is 1. The molecule has 0 saturated heterocycles. The molecular formula is C11H12F4N2O. The van der Waals surface area contributed by atoms with Crippen LogP contribution in [-0.4, -0.2) is 35.1 Å². The van der Waals surface area contributed by atoms with Crippen LogP contribution in [0.4, 0.5) is 17.6 Å². The fourth-order valence-corrected chi connectivity index (χ4v) is 1.46. The molecule has 1 aromatic heterocycles. The van der Waals surface area contributed by atoms with Crippen LogP contribution in [0.15, 0.2) is 18.3 Å². The van der Waals surface area contributed by atoms with Crippen LogP contribution in [0, 0.1) is 5.95 Å². The van der Waals surface area contributed by atoms with E-state index < -0.39 is 24.6 Å². The zero-order chi connectivity index (χ0) is 13.8. The van der Waals surface area contributed by atoms with Crippen molar-refractivity contribution < 1.29 is 22.4 Å². The highest BCUT2D eigenvalue weighted by molar-refractivity contribution is 5.94. The molecule has 0 fully saturated rings. The first kappa shape index (κ1) is 14.4. The van der Waals surface area contributed by atoms with Crippen molar-refractivity contribution in [2.45, 2.75) is 19.5 Å². The van der Waals surface area contributed by atoms with Crippen LogP contribution in [0.1, 0.15) is 23.7 Å². The lowest BCUT2D eigenvalue weighted by atomic mass is 10.2. The number of alkyl halides is 3. The Kier molecular flexibility index (Phi) is 4.63. The molecule has 100 valence electrons. The van der Waals surface area contributed by atoms with E-state index in [0.29, 0.717) is 11.3 Å². The average molecular weight is 264 g/mol. The van der Waals surface area contributed by atoms with Crippen molar-refractivity contribution in [1.29, 1.82) is 0 Å².